The van der Waals surface area contributed by atoms with E-state index in [0.29, 0.717) is 5.69 Å². The lowest BCUT2D eigenvalue weighted by Gasteiger charge is -2.07. The molecule has 7 nitrogen and oxygen atoms in total. The van der Waals surface area contributed by atoms with Gasteiger partial charge in [0.1, 0.15) is 11.2 Å². The molecule has 102 valence electrons. The molecule has 2 aliphatic rings. The molecule has 0 amide bonds. The summed E-state index contributed by atoms with van der Waals surface area (Å²) in [5.74, 6) is 0.247. The Bertz CT molecular complexity index is 961. The fourth-order valence-corrected chi connectivity index (χ4v) is 2.32. The Hall–Kier alpha value is -2.45. The zero-order chi connectivity index (χ0) is 14.5. The highest BCUT2D eigenvalue weighted by Crippen LogP contribution is 2.26. The summed E-state index contributed by atoms with van der Waals surface area (Å²) in [6.07, 6.45) is 0. The standard InChI is InChI=1S/C12H8N2O5S/c13-7-4-9-12(5-10(7)15)19-11-2-1-6(20(16,17)18)3-8(11)14-9/h1-5H,13H2,(H,16,17,18). The second-order valence-corrected chi connectivity index (χ2v) is 5.60. The van der Waals surface area contributed by atoms with Gasteiger partial charge in [-0.3, -0.25) is 9.35 Å². The van der Waals surface area contributed by atoms with E-state index >= 15 is 0 Å². The van der Waals surface area contributed by atoms with Crippen molar-refractivity contribution in [1.29, 1.82) is 0 Å². The zero-order valence-electron chi connectivity index (χ0n) is 9.90. The second kappa shape index (κ2) is 4.02. The topological polar surface area (TPSA) is 123 Å². The van der Waals surface area contributed by atoms with Gasteiger partial charge < -0.3 is 10.2 Å². The molecule has 0 fully saturated rings. The van der Waals surface area contributed by atoms with Crippen molar-refractivity contribution in [2.75, 3.05) is 5.73 Å². The molecule has 0 aromatic heterocycles. The first kappa shape index (κ1) is 12.6. The first-order valence-electron chi connectivity index (χ1n) is 5.46. The van der Waals surface area contributed by atoms with Crippen LogP contribution in [0.25, 0.3) is 22.6 Å². The third-order valence-electron chi connectivity index (χ3n) is 2.78. The minimum Gasteiger partial charge on any atom is -0.453 e. The Balaban J connectivity index is 2.38. The molecule has 1 aliphatic carbocycles. The van der Waals surface area contributed by atoms with Gasteiger partial charge in [-0.2, -0.15) is 8.42 Å². The van der Waals surface area contributed by atoms with Crippen LogP contribution in [-0.2, 0) is 10.1 Å². The van der Waals surface area contributed by atoms with Crippen molar-refractivity contribution < 1.29 is 17.4 Å². The number of benzene rings is 2. The van der Waals surface area contributed by atoms with Gasteiger partial charge in [-0.15, -0.1) is 0 Å². The SMILES string of the molecule is Nc1cc2nc3cc(S(=O)(=O)O)ccc3oc-2cc1=O. The molecule has 0 radical (unpaired) electrons. The molecular weight excluding hydrogens is 284 g/mol. The van der Waals surface area contributed by atoms with E-state index in [1.807, 2.05) is 0 Å². The summed E-state index contributed by atoms with van der Waals surface area (Å²) in [4.78, 5) is 15.3. The van der Waals surface area contributed by atoms with Crippen LogP contribution in [0.1, 0.15) is 0 Å². The lowest BCUT2D eigenvalue weighted by Crippen LogP contribution is -2.08. The quantitative estimate of drug-likeness (QED) is 0.391. The van der Waals surface area contributed by atoms with E-state index in [4.69, 9.17) is 14.7 Å². The first-order chi connectivity index (χ1) is 9.34. The van der Waals surface area contributed by atoms with E-state index in [-0.39, 0.29) is 32.9 Å². The van der Waals surface area contributed by atoms with Gasteiger partial charge in [-0.05, 0) is 24.3 Å². The average molecular weight is 292 g/mol. The number of nitrogens with two attached hydrogens (primary N) is 1. The summed E-state index contributed by atoms with van der Waals surface area (Å²) in [5.41, 5.74) is 5.98. The molecule has 1 aromatic carbocycles. The van der Waals surface area contributed by atoms with Crippen LogP contribution in [0.4, 0.5) is 5.69 Å². The van der Waals surface area contributed by atoms with Crippen molar-refractivity contribution in [2.45, 2.75) is 4.90 Å². The number of anilines is 1. The highest BCUT2D eigenvalue weighted by Gasteiger charge is 2.15. The summed E-state index contributed by atoms with van der Waals surface area (Å²) in [6.45, 7) is 0. The monoisotopic (exact) mass is 292 g/mol. The summed E-state index contributed by atoms with van der Waals surface area (Å²) < 4.78 is 36.6. The number of hydrogen-bond acceptors (Lipinski definition) is 6. The summed E-state index contributed by atoms with van der Waals surface area (Å²) in [7, 11) is -4.32. The number of fused-ring (bicyclic) bond motifs is 2. The van der Waals surface area contributed by atoms with E-state index in [1.165, 1.54) is 30.3 Å². The lowest BCUT2D eigenvalue weighted by molar-refractivity contribution is 0.483. The van der Waals surface area contributed by atoms with Gasteiger partial charge in [0.2, 0.25) is 5.43 Å². The highest BCUT2D eigenvalue weighted by molar-refractivity contribution is 7.85. The Morgan fingerprint density at radius 3 is 2.65 bits per heavy atom. The van der Waals surface area contributed by atoms with Crippen LogP contribution in [0, 0.1) is 0 Å². The molecule has 1 heterocycles. The summed E-state index contributed by atoms with van der Waals surface area (Å²) >= 11 is 0. The highest BCUT2D eigenvalue weighted by atomic mass is 32.2. The van der Waals surface area contributed by atoms with Crippen molar-refractivity contribution in [3.63, 3.8) is 0 Å². The summed E-state index contributed by atoms with van der Waals surface area (Å²) in [6, 6.07) is 6.28. The van der Waals surface area contributed by atoms with Crippen molar-refractivity contribution in [3.8, 4) is 11.5 Å². The Kier molecular flexibility index (Phi) is 2.53. The number of nitrogens with zero attached hydrogens (tertiary/aromatic N) is 1. The van der Waals surface area contributed by atoms with Crippen LogP contribution in [0.15, 0.2) is 44.4 Å². The first-order valence-corrected chi connectivity index (χ1v) is 6.90. The van der Waals surface area contributed by atoms with E-state index in [0.717, 1.165) is 0 Å². The smallest absolute Gasteiger partial charge is 0.294 e. The van der Waals surface area contributed by atoms with Gasteiger partial charge >= 0.3 is 0 Å². The maximum absolute atomic E-state index is 11.4. The molecule has 0 bridgehead atoms. The molecule has 3 N–H and O–H groups in total. The van der Waals surface area contributed by atoms with Crippen molar-refractivity contribution >= 4 is 26.9 Å². The molecule has 0 saturated carbocycles. The average Bonchev–Trinajstić information content (AvgIpc) is 2.36. The fraction of sp³-hybridized carbons (Fsp3) is 0. The molecule has 8 heteroatoms. The number of aromatic nitrogens is 1. The second-order valence-electron chi connectivity index (χ2n) is 4.18. The van der Waals surface area contributed by atoms with Crippen molar-refractivity contribution in [3.05, 3.63) is 40.6 Å². The maximum atomic E-state index is 11.4. The van der Waals surface area contributed by atoms with E-state index in [2.05, 4.69) is 4.98 Å². The Labute approximate surface area is 112 Å². The molecule has 0 saturated heterocycles. The minimum absolute atomic E-state index is 0.0190. The van der Waals surface area contributed by atoms with Crippen molar-refractivity contribution in [2.24, 2.45) is 0 Å². The van der Waals surface area contributed by atoms with Gasteiger partial charge in [0.25, 0.3) is 10.1 Å². The summed E-state index contributed by atoms with van der Waals surface area (Å²) in [5, 5.41) is 0. The van der Waals surface area contributed by atoms with Gasteiger partial charge in [-0.25, -0.2) is 4.98 Å². The van der Waals surface area contributed by atoms with Gasteiger partial charge in [0.05, 0.1) is 10.6 Å². The number of rotatable bonds is 1. The lowest BCUT2D eigenvalue weighted by atomic mass is 10.2. The molecule has 1 aliphatic heterocycles. The van der Waals surface area contributed by atoms with Crippen LogP contribution in [0.5, 0.6) is 0 Å². The van der Waals surface area contributed by atoms with Crippen LogP contribution in [-0.4, -0.2) is 18.0 Å². The van der Waals surface area contributed by atoms with E-state index < -0.39 is 10.1 Å². The van der Waals surface area contributed by atoms with E-state index in [9.17, 15) is 13.2 Å². The molecule has 1 aromatic rings. The van der Waals surface area contributed by atoms with Crippen LogP contribution in [0.2, 0.25) is 0 Å². The molecule has 0 spiro atoms. The third-order valence-corrected chi connectivity index (χ3v) is 3.63. The zero-order valence-corrected chi connectivity index (χ0v) is 10.7. The van der Waals surface area contributed by atoms with Crippen LogP contribution >= 0.6 is 0 Å². The fourth-order valence-electron chi connectivity index (χ4n) is 1.81. The molecule has 3 rings (SSSR count). The van der Waals surface area contributed by atoms with Crippen molar-refractivity contribution in [1.82, 2.24) is 4.98 Å². The normalized spacial score (nSPS) is 12.1. The predicted molar refractivity (Wildman–Crippen MR) is 71.1 cm³/mol. The van der Waals surface area contributed by atoms with Gasteiger partial charge in [0.15, 0.2) is 11.3 Å². The molecule has 0 unspecified atom stereocenters. The maximum Gasteiger partial charge on any atom is 0.294 e. The Morgan fingerprint density at radius 1 is 1.20 bits per heavy atom. The predicted octanol–water partition coefficient (Wildman–Crippen LogP) is 1.12. The van der Waals surface area contributed by atoms with E-state index in [1.54, 1.807) is 0 Å². The minimum atomic E-state index is -4.32. The van der Waals surface area contributed by atoms with Gasteiger partial charge in [0, 0.05) is 6.07 Å². The largest absolute Gasteiger partial charge is 0.453 e. The number of hydrogen-bond donors (Lipinski definition) is 2. The molecular formula is C12H8N2O5S. The Morgan fingerprint density at radius 2 is 1.95 bits per heavy atom. The molecule has 0 atom stereocenters. The number of nitrogen functional groups attached to an aromatic ring is 1. The van der Waals surface area contributed by atoms with Crippen LogP contribution in [0.3, 0.4) is 0 Å². The molecule has 20 heavy (non-hydrogen) atoms. The third kappa shape index (κ3) is 2.00. The van der Waals surface area contributed by atoms with Crippen LogP contribution < -0.4 is 11.2 Å². The van der Waals surface area contributed by atoms with Gasteiger partial charge in [-0.1, -0.05) is 0 Å².